The quantitative estimate of drug-likeness (QED) is 0.643. The SMILES string of the molecule is CN1C(=O)C(Cc2ccc(F)c(F)c2)C(=O)c2sc(C(O)O)nc21. The van der Waals surface area contributed by atoms with E-state index in [4.69, 9.17) is 0 Å². The molecule has 1 aromatic carbocycles. The van der Waals surface area contributed by atoms with Crippen LogP contribution in [-0.4, -0.2) is 33.9 Å². The van der Waals surface area contributed by atoms with Crippen molar-refractivity contribution in [3.63, 3.8) is 0 Å². The van der Waals surface area contributed by atoms with Gasteiger partial charge in [0.1, 0.15) is 10.8 Å². The zero-order valence-corrected chi connectivity index (χ0v) is 13.2. The Morgan fingerprint density at radius 2 is 2.00 bits per heavy atom. The van der Waals surface area contributed by atoms with E-state index in [9.17, 15) is 28.6 Å². The van der Waals surface area contributed by atoms with Crippen LogP contribution in [0, 0.1) is 17.6 Å². The third-order valence-corrected chi connectivity index (χ3v) is 4.86. The number of anilines is 1. The smallest absolute Gasteiger partial charge is 0.239 e. The van der Waals surface area contributed by atoms with E-state index in [2.05, 4.69) is 4.98 Å². The van der Waals surface area contributed by atoms with Gasteiger partial charge >= 0.3 is 0 Å². The summed E-state index contributed by atoms with van der Waals surface area (Å²) < 4.78 is 26.3. The van der Waals surface area contributed by atoms with E-state index < -0.39 is 35.5 Å². The van der Waals surface area contributed by atoms with Crippen LogP contribution in [-0.2, 0) is 11.2 Å². The monoisotopic (exact) mass is 354 g/mol. The number of aliphatic hydroxyl groups is 2. The number of aliphatic hydroxyl groups excluding tert-OH is 1. The number of Topliss-reactive ketones (excluding diaryl/α,β-unsaturated/α-hetero) is 1. The molecule has 1 aromatic heterocycles. The van der Waals surface area contributed by atoms with Gasteiger partial charge < -0.3 is 10.2 Å². The van der Waals surface area contributed by atoms with E-state index in [0.29, 0.717) is 5.56 Å². The van der Waals surface area contributed by atoms with Gasteiger partial charge in [-0.05, 0) is 24.1 Å². The van der Waals surface area contributed by atoms with E-state index in [-0.39, 0.29) is 22.1 Å². The summed E-state index contributed by atoms with van der Waals surface area (Å²) in [4.78, 5) is 30.1. The Balaban J connectivity index is 1.95. The van der Waals surface area contributed by atoms with Gasteiger partial charge in [0.2, 0.25) is 12.2 Å². The van der Waals surface area contributed by atoms with Crippen LogP contribution in [0.15, 0.2) is 18.2 Å². The van der Waals surface area contributed by atoms with Crippen molar-refractivity contribution in [2.24, 2.45) is 5.92 Å². The largest absolute Gasteiger partial charge is 0.363 e. The minimum atomic E-state index is -1.85. The molecule has 2 N–H and O–H groups in total. The molecule has 1 amide bonds. The van der Waals surface area contributed by atoms with Crippen LogP contribution >= 0.6 is 11.3 Å². The summed E-state index contributed by atoms with van der Waals surface area (Å²) in [5.74, 6) is -4.16. The van der Waals surface area contributed by atoms with Gasteiger partial charge in [-0.3, -0.25) is 14.5 Å². The molecular weight excluding hydrogens is 342 g/mol. The highest BCUT2D eigenvalue weighted by Crippen LogP contribution is 2.36. The second kappa shape index (κ2) is 6.00. The highest BCUT2D eigenvalue weighted by atomic mass is 32.1. The van der Waals surface area contributed by atoms with Crippen molar-refractivity contribution in [3.05, 3.63) is 45.3 Å². The number of rotatable bonds is 3. The van der Waals surface area contributed by atoms with E-state index in [1.807, 2.05) is 0 Å². The summed E-state index contributed by atoms with van der Waals surface area (Å²) in [5.41, 5.74) is 0.310. The number of aromatic nitrogens is 1. The number of hydrogen-bond acceptors (Lipinski definition) is 6. The van der Waals surface area contributed by atoms with Gasteiger partial charge in [-0.25, -0.2) is 13.8 Å². The fourth-order valence-corrected chi connectivity index (χ4v) is 3.48. The Hall–Kier alpha value is -2.23. The van der Waals surface area contributed by atoms with Gasteiger partial charge in [0, 0.05) is 7.05 Å². The van der Waals surface area contributed by atoms with Gasteiger partial charge in [-0.2, -0.15) is 0 Å². The Kier molecular flexibility index (Phi) is 4.16. The number of thiazole rings is 1. The lowest BCUT2D eigenvalue weighted by molar-refractivity contribution is -0.121. The molecule has 24 heavy (non-hydrogen) atoms. The normalized spacial score (nSPS) is 17.6. The number of halogens is 2. The number of amides is 1. The molecule has 0 fully saturated rings. The van der Waals surface area contributed by atoms with Crippen LogP contribution in [0.25, 0.3) is 0 Å². The Labute approximate surface area is 139 Å². The lowest BCUT2D eigenvalue weighted by atomic mass is 9.90. The average Bonchev–Trinajstić information content (AvgIpc) is 2.99. The molecule has 0 saturated carbocycles. The number of ketones is 1. The summed E-state index contributed by atoms with van der Waals surface area (Å²) in [6.45, 7) is 0. The highest BCUT2D eigenvalue weighted by Gasteiger charge is 2.41. The fraction of sp³-hybridized carbons (Fsp3) is 0.267. The first-order valence-corrected chi connectivity index (χ1v) is 7.73. The summed E-state index contributed by atoms with van der Waals surface area (Å²) in [5, 5.41) is 18.3. The average molecular weight is 354 g/mol. The summed E-state index contributed by atoms with van der Waals surface area (Å²) in [7, 11) is 1.42. The van der Waals surface area contributed by atoms with Gasteiger partial charge in [-0.15, -0.1) is 11.3 Å². The maximum Gasteiger partial charge on any atom is 0.239 e. The zero-order chi connectivity index (χ0) is 17.6. The van der Waals surface area contributed by atoms with Crippen LogP contribution in [0.4, 0.5) is 14.6 Å². The van der Waals surface area contributed by atoms with E-state index in [0.717, 1.165) is 28.4 Å². The summed E-state index contributed by atoms with van der Waals surface area (Å²) in [6.07, 6.45) is -1.94. The molecule has 3 rings (SSSR count). The van der Waals surface area contributed by atoms with Crippen molar-refractivity contribution < 1.29 is 28.6 Å². The van der Waals surface area contributed by atoms with Gasteiger partial charge in [-0.1, -0.05) is 6.07 Å². The topological polar surface area (TPSA) is 90.7 Å². The number of benzene rings is 1. The lowest BCUT2D eigenvalue weighted by Crippen LogP contribution is -2.43. The van der Waals surface area contributed by atoms with Crippen molar-refractivity contribution in [1.82, 2.24) is 4.98 Å². The molecule has 0 saturated heterocycles. The summed E-state index contributed by atoms with van der Waals surface area (Å²) in [6, 6.07) is 3.19. The molecular formula is C15H12F2N2O4S. The molecule has 0 aliphatic carbocycles. The number of carbonyl (C=O) groups is 2. The number of hydrogen-bond donors (Lipinski definition) is 2. The van der Waals surface area contributed by atoms with Crippen LogP contribution < -0.4 is 4.90 Å². The molecule has 2 aromatic rings. The van der Waals surface area contributed by atoms with Crippen molar-refractivity contribution in [1.29, 1.82) is 0 Å². The van der Waals surface area contributed by atoms with Crippen molar-refractivity contribution in [2.45, 2.75) is 12.7 Å². The second-order valence-electron chi connectivity index (χ2n) is 5.35. The van der Waals surface area contributed by atoms with E-state index in [1.165, 1.54) is 13.1 Å². The van der Waals surface area contributed by atoms with Gasteiger partial charge in [0.25, 0.3) is 0 Å². The number of carbonyl (C=O) groups excluding carboxylic acids is 2. The molecule has 1 unspecified atom stereocenters. The molecule has 0 bridgehead atoms. The standard InChI is InChI=1S/C15H12F2N2O4S/c1-19-12-11(24-13(18-12)15(22)23)10(20)7(14(19)21)4-6-2-3-8(16)9(17)5-6/h2-3,5,7,15,22-23H,4H2,1H3. The Bertz CT molecular complexity index is 837. The fourth-order valence-electron chi connectivity index (χ4n) is 2.52. The lowest BCUT2D eigenvalue weighted by Gasteiger charge is -2.27. The number of nitrogens with zero attached hydrogens (tertiary/aromatic N) is 2. The van der Waals surface area contributed by atoms with E-state index >= 15 is 0 Å². The molecule has 126 valence electrons. The molecule has 6 nitrogen and oxygen atoms in total. The molecule has 1 aliphatic rings. The van der Waals surface area contributed by atoms with E-state index in [1.54, 1.807) is 0 Å². The molecule has 9 heteroatoms. The summed E-state index contributed by atoms with van der Waals surface area (Å²) >= 11 is 0.789. The zero-order valence-electron chi connectivity index (χ0n) is 12.4. The predicted octanol–water partition coefficient (Wildman–Crippen LogP) is 1.42. The Morgan fingerprint density at radius 1 is 1.29 bits per heavy atom. The molecule has 2 heterocycles. The third-order valence-electron chi connectivity index (χ3n) is 3.76. The first-order chi connectivity index (χ1) is 11.3. The first-order valence-electron chi connectivity index (χ1n) is 6.92. The molecule has 0 spiro atoms. The predicted molar refractivity (Wildman–Crippen MR) is 80.6 cm³/mol. The van der Waals surface area contributed by atoms with Crippen molar-refractivity contribution in [2.75, 3.05) is 11.9 Å². The van der Waals surface area contributed by atoms with Crippen molar-refractivity contribution >= 4 is 28.8 Å². The maximum absolute atomic E-state index is 13.3. The maximum atomic E-state index is 13.3. The van der Waals surface area contributed by atoms with Crippen molar-refractivity contribution in [3.8, 4) is 0 Å². The van der Waals surface area contributed by atoms with Gasteiger partial charge in [0.15, 0.2) is 28.2 Å². The van der Waals surface area contributed by atoms with Gasteiger partial charge in [0.05, 0.1) is 0 Å². The first kappa shape index (κ1) is 16.6. The van der Waals surface area contributed by atoms with Crippen LogP contribution in [0.1, 0.15) is 26.5 Å². The third kappa shape index (κ3) is 2.70. The van der Waals surface area contributed by atoms with Crippen LogP contribution in [0.3, 0.4) is 0 Å². The van der Waals surface area contributed by atoms with Crippen LogP contribution in [0.5, 0.6) is 0 Å². The minimum Gasteiger partial charge on any atom is -0.363 e. The molecule has 1 atom stereocenters. The van der Waals surface area contributed by atoms with Crippen LogP contribution in [0.2, 0.25) is 0 Å². The minimum absolute atomic E-state index is 0.0691. The highest BCUT2D eigenvalue weighted by molar-refractivity contribution is 7.14. The second-order valence-corrected chi connectivity index (χ2v) is 6.38. The molecule has 1 aliphatic heterocycles. The molecule has 0 radical (unpaired) electrons. The number of fused-ring (bicyclic) bond motifs is 1. The Morgan fingerprint density at radius 3 is 2.62 bits per heavy atom.